The Labute approximate surface area is 120 Å². The zero-order valence-electron chi connectivity index (χ0n) is 12.2. The van der Waals surface area contributed by atoms with Gasteiger partial charge in [-0.2, -0.15) is 0 Å². The van der Waals surface area contributed by atoms with Crippen molar-refractivity contribution in [3.05, 3.63) is 23.9 Å². The number of anilines is 1. The summed E-state index contributed by atoms with van der Waals surface area (Å²) in [5, 5.41) is 12.2. The molecule has 1 fully saturated rings. The number of hydrogen-bond acceptors (Lipinski definition) is 4. The molecule has 2 N–H and O–H groups in total. The monoisotopic (exact) mass is 277 g/mol. The summed E-state index contributed by atoms with van der Waals surface area (Å²) in [6.07, 6.45) is 5.48. The minimum atomic E-state index is -0.0599. The Bertz CT molecular complexity index is 437. The molecule has 0 aromatic carbocycles. The summed E-state index contributed by atoms with van der Waals surface area (Å²) in [6, 6.07) is 3.87. The van der Waals surface area contributed by atoms with Gasteiger partial charge in [0.15, 0.2) is 0 Å². The minimum absolute atomic E-state index is 0.0599. The van der Waals surface area contributed by atoms with Crippen molar-refractivity contribution in [2.24, 2.45) is 5.92 Å². The number of hydrogen-bond donors (Lipinski definition) is 2. The molecule has 0 saturated heterocycles. The molecular weight excluding hydrogens is 254 g/mol. The first kappa shape index (κ1) is 14.8. The molecule has 110 valence electrons. The Kier molecular flexibility index (Phi) is 4.95. The van der Waals surface area contributed by atoms with Crippen molar-refractivity contribution in [1.82, 2.24) is 10.3 Å². The lowest BCUT2D eigenvalue weighted by Gasteiger charge is -2.27. The van der Waals surface area contributed by atoms with Gasteiger partial charge in [0.05, 0.1) is 5.56 Å². The molecule has 1 aliphatic rings. The summed E-state index contributed by atoms with van der Waals surface area (Å²) < 4.78 is 0. The van der Waals surface area contributed by atoms with Gasteiger partial charge in [-0.15, -0.1) is 0 Å². The van der Waals surface area contributed by atoms with Crippen molar-refractivity contribution >= 4 is 11.7 Å². The first-order chi connectivity index (χ1) is 9.60. The summed E-state index contributed by atoms with van der Waals surface area (Å²) in [4.78, 5) is 18.3. The van der Waals surface area contributed by atoms with Crippen LogP contribution >= 0.6 is 0 Å². The lowest BCUT2D eigenvalue weighted by atomic mass is 9.86. The molecule has 0 radical (unpaired) electrons. The van der Waals surface area contributed by atoms with Crippen molar-refractivity contribution in [3.63, 3.8) is 0 Å². The molecular formula is C15H23N3O2. The van der Waals surface area contributed by atoms with Crippen molar-refractivity contribution in [2.75, 3.05) is 25.6 Å². The lowest BCUT2D eigenvalue weighted by Crippen LogP contribution is -2.38. The van der Waals surface area contributed by atoms with Crippen LogP contribution in [0.1, 0.15) is 36.0 Å². The maximum absolute atomic E-state index is 12.1. The summed E-state index contributed by atoms with van der Waals surface area (Å²) in [5.41, 5.74) is 0.597. The Morgan fingerprint density at radius 3 is 2.55 bits per heavy atom. The van der Waals surface area contributed by atoms with Crippen LogP contribution in [0.25, 0.3) is 0 Å². The molecule has 1 aromatic heterocycles. The summed E-state index contributed by atoms with van der Waals surface area (Å²) >= 11 is 0. The number of amides is 1. The van der Waals surface area contributed by atoms with Crippen molar-refractivity contribution in [3.8, 4) is 0 Å². The molecule has 20 heavy (non-hydrogen) atoms. The van der Waals surface area contributed by atoms with Gasteiger partial charge in [0, 0.05) is 32.9 Å². The van der Waals surface area contributed by atoms with Gasteiger partial charge in [-0.1, -0.05) is 0 Å². The second-order valence-corrected chi connectivity index (χ2v) is 5.67. The third-order valence-electron chi connectivity index (χ3n) is 3.91. The molecule has 5 nitrogen and oxygen atoms in total. The van der Waals surface area contributed by atoms with Gasteiger partial charge in [0.1, 0.15) is 5.82 Å². The SMILES string of the molecule is CN(C)c1ccc(C(=O)NC2CCC(CO)CC2)cn1. The number of aliphatic hydroxyl groups is 1. The third kappa shape index (κ3) is 3.70. The average Bonchev–Trinajstić information content (AvgIpc) is 2.48. The van der Waals surface area contributed by atoms with Gasteiger partial charge in [0.25, 0.3) is 5.91 Å². The zero-order chi connectivity index (χ0) is 14.5. The van der Waals surface area contributed by atoms with E-state index < -0.39 is 0 Å². The summed E-state index contributed by atoms with van der Waals surface area (Å²) in [6.45, 7) is 0.261. The number of nitrogens with one attached hydrogen (secondary N) is 1. The molecule has 5 heteroatoms. The van der Waals surface area contributed by atoms with E-state index in [-0.39, 0.29) is 18.6 Å². The first-order valence-electron chi connectivity index (χ1n) is 7.15. The lowest BCUT2D eigenvalue weighted by molar-refractivity contribution is 0.0913. The molecule has 1 aromatic rings. The predicted molar refractivity (Wildman–Crippen MR) is 78.9 cm³/mol. The van der Waals surface area contributed by atoms with E-state index in [2.05, 4.69) is 10.3 Å². The van der Waals surface area contributed by atoms with E-state index in [1.807, 2.05) is 25.1 Å². The maximum atomic E-state index is 12.1. The standard InChI is InChI=1S/C15H23N3O2/c1-18(2)14-8-5-12(9-16-14)15(20)17-13-6-3-11(10-19)4-7-13/h5,8-9,11,13,19H,3-4,6-7,10H2,1-2H3,(H,17,20). The van der Waals surface area contributed by atoms with Gasteiger partial charge in [-0.3, -0.25) is 4.79 Å². The largest absolute Gasteiger partial charge is 0.396 e. The predicted octanol–water partition coefficient (Wildman–Crippen LogP) is 1.43. The van der Waals surface area contributed by atoms with E-state index in [0.29, 0.717) is 11.5 Å². The van der Waals surface area contributed by atoms with Crippen LogP contribution in [0, 0.1) is 5.92 Å². The summed E-state index contributed by atoms with van der Waals surface area (Å²) in [5.74, 6) is 1.18. The fraction of sp³-hybridized carbons (Fsp3) is 0.600. The smallest absolute Gasteiger partial charge is 0.253 e. The molecule has 1 saturated carbocycles. The molecule has 0 aliphatic heterocycles. The second kappa shape index (κ2) is 6.70. The highest BCUT2D eigenvalue weighted by molar-refractivity contribution is 5.94. The Morgan fingerprint density at radius 2 is 2.05 bits per heavy atom. The van der Waals surface area contributed by atoms with Crippen LogP contribution in [0.3, 0.4) is 0 Å². The van der Waals surface area contributed by atoms with Gasteiger partial charge in [0.2, 0.25) is 0 Å². The van der Waals surface area contributed by atoms with Crippen molar-refractivity contribution in [2.45, 2.75) is 31.7 Å². The van der Waals surface area contributed by atoms with Crippen LogP contribution in [0.5, 0.6) is 0 Å². The topological polar surface area (TPSA) is 65.5 Å². The molecule has 2 rings (SSSR count). The molecule has 0 bridgehead atoms. The highest BCUT2D eigenvalue weighted by Crippen LogP contribution is 2.23. The third-order valence-corrected chi connectivity index (χ3v) is 3.91. The van der Waals surface area contributed by atoms with Gasteiger partial charge in [-0.05, 0) is 43.7 Å². The zero-order valence-corrected chi connectivity index (χ0v) is 12.2. The maximum Gasteiger partial charge on any atom is 0.253 e. The van der Waals surface area contributed by atoms with E-state index in [4.69, 9.17) is 5.11 Å². The number of rotatable bonds is 4. The quantitative estimate of drug-likeness (QED) is 0.874. The van der Waals surface area contributed by atoms with E-state index in [0.717, 1.165) is 31.5 Å². The number of nitrogens with zero attached hydrogens (tertiary/aromatic N) is 2. The molecule has 1 aliphatic carbocycles. The van der Waals surface area contributed by atoms with Crippen molar-refractivity contribution < 1.29 is 9.90 Å². The number of aromatic nitrogens is 1. The Morgan fingerprint density at radius 1 is 1.35 bits per heavy atom. The molecule has 0 atom stereocenters. The minimum Gasteiger partial charge on any atom is -0.396 e. The molecule has 0 unspecified atom stereocenters. The number of carbonyl (C=O) groups excluding carboxylic acids is 1. The first-order valence-corrected chi connectivity index (χ1v) is 7.15. The number of carbonyl (C=O) groups is 1. The van der Waals surface area contributed by atoms with E-state index in [1.165, 1.54) is 0 Å². The highest BCUT2D eigenvalue weighted by Gasteiger charge is 2.22. The second-order valence-electron chi connectivity index (χ2n) is 5.67. The number of pyridine rings is 1. The summed E-state index contributed by atoms with van der Waals surface area (Å²) in [7, 11) is 3.84. The van der Waals surface area contributed by atoms with Gasteiger partial charge >= 0.3 is 0 Å². The van der Waals surface area contributed by atoms with Crippen molar-refractivity contribution in [1.29, 1.82) is 0 Å². The molecule has 1 heterocycles. The van der Waals surface area contributed by atoms with Crippen LogP contribution in [-0.2, 0) is 0 Å². The fourth-order valence-corrected chi connectivity index (χ4v) is 2.54. The van der Waals surface area contributed by atoms with E-state index in [1.54, 1.807) is 12.3 Å². The highest BCUT2D eigenvalue weighted by atomic mass is 16.3. The molecule has 1 amide bonds. The normalized spacial score (nSPS) is 22.4. The van der Waals surface area contributed by atoms with Gasteiger partial charge in [-0.25, -0.2) is 4.98 Å². The van der Waals surface area contributed by atoms with Crippen LogP contribution in [0.4, 0.5) is 5.82 Å². The molecule has 0 spiro atoms. The Balaban J connectivity index is 1.88. The van der Waals surface area contributed by atoms with Crippen LogP contribution < -0.4 is 10.2 Å². The van der Waals surface area contributed by atoms with Crippen LogP contribution in [0.15, 0.2) is 18.3 Å². The van der Waals surface area contributed by atoms with Crippen LogP contribution in [-0.4, -0.2) is 42.7 Å². The van der Waals surface area contributed by atoms with Gasteiger partial charge < -0.3 is 15.3 Å². The number of aliphatic hydroxyl groups excluding tert-OH is 1. The van der Waals surface area contributed by atoms with E-state index in [9.17, 15) is 4.79 Å². The van der Waals surface area contributed by atoms with Crippen LogP contribution in [0.2, 0.25) is 0 Å². The fourth-order valence-electron chi connectivity index (χ4n) is 2.54. The average molecular weight is 277 g/mol. The Hall–Kier alpha value is -1.62. The van der Waals surface area contributed by atoms with E-state index >= 15 is 0 Å².